The molecule has 11 heteroatoms. The van der Waals surface area contributed by atoms with Crippen molar-refractivity contribution in [3.63, 3.8) is 0 Å². The zero-order chi connectivity index (χ0) is 35.3. The molecule has 1 heterocycles. The molecule has 1 N–H and O–H groups in total. The number of amides is 2. The number of nitrogens with one attached hydrogen (secondary N) is 1. The number of carboxylic acid groups (broad SMARTS) is 1. The lowest BCUT2D eigenvalue weighted by molar-refractivity contribution is -0.317. The van der Waals surface area contributed by atoms with Crippen molar-refractivity contribution in [1.29, 1.82) is 0 Å². The van der Waals surface area contributed by atoms with Gasteiger partial charge < -0.3 is 39.2 Å². The molecule has 0 saturated heterocycles. The summed E-state index contributed by atoms with van der Waals surface area (Å²) >= 11 is 6.44. The quantitative estimate of drug-likeness (QED) is 0.337. The molecule has 1 aliphatic heterocycles. The van der Waals surface area contributed by atoms with E-state index in [1.54, 1.807) is 61.6 Å². The van der Waals surface area contributed by atoms with Crippen LogP contribution in [-0.4, -0.2) is 69.2 Å². The fourth-order valence-electron chi connectivity index (χ4n) is 5.25. The number of carboxylic acids is 1. The second-order valence-corrected chi connectivity index (χ2v) is 11.6. The van der Waals surface area contributed by atoms with Gasteiger partial charge in [0.2, 0.25) is 11.8 Å². The minimum Gasteiger partial charge on any atom is -0.546 e. The van der Waals surface area contributed by atoms with E-state index in [1.807, 2.05) is 0 Å². The number of methoxy groups -OCH3 is 2. The molecule has 47 heavy (non-hydrogen) atoms. The number of benzene rings is 3. The maximum Gasteiger partial charge on any atom is 0.246 e. The van der Waals surface area contributed by atoms with E-state index >= 15 is 0 Å². The first-order chi connectivity index (χ1) is 22.3. The predicted octanol–water partition coefficient (Wildman–Crippen LogP) is 5.04. The molecule has 2 atom stereocenters. The van der Waals surface area contributed by atoms with Gasteiger partial charge in [-0.15, -0.1) is 0 Å². The number of nitrogens with zero attached hydrogens (tertiary/aromatic N) is 2. The van der Waals surface area contributed by atoms with Crippen LogP contribution in [0, 0.1) is 0 Å². The lowest BCUT2D eigenvalue weighted by Gasteiger charge is -2.48. The SMILES string of the molecule is CCC.CCNC(C)C.COc1cc(OC)cc(O[C@H](C(=O)[O-])[C@]2(c3ccccc3)c3cc(Cl)ccc3N(C)C(=O)CN2C(C)=O)c1. The highest BCUT2D eigenvalue weighted by molar-refractivity contribution is 6.30. The number of carbonyl (C=O) groups excluding carboxylic acids is 3. The van der Waals surface area contributed by atoms with Crippen LogP contribution in [0.15, 0.2) is 66.7 Å². The summed E-state index contributed by atoms with van der Waals surface area (Å²) in [5, 5.41) is 16.5. The molecule has 3 aromatic rings. The van der Waals surface area contributed by atoms with Crippen LogP contribution in [-0.2, 0) is 19.9 Å². The van der Waals surface area contributed by atoms with Gasteiger partial charge in [0.15, 0.2) is 6.10 Å². The Balaban J connectivity index is 0.000000756. The van der Waals surface area contributed by atoms with E-state index in [9.17, 15) is 19.5 Å². The van der Waals surface area contributed by atoms with Gasteiger partial charge in [0.05, 0.1) is 20.2 Å². The molecule has 0 aliphatic carbocycles. The zero-order valence-corrected chi connectivity index (χ0v) is 29.5. The third-order valence-electron chi connectivity index (χ3n) is 7.20. The molecule has 0 radical (unpaired) electrons. The highest BCUT2D eigenvalue weighted by Crippen LogP contribution is 2.47. The number of halogens is 1. The number of carbonyl (C=O) groups is 3. The van der Waals surface area contributed by atoms with Crippen molar-refractivity contribution in [2.45, 2.75) is 65.6 Å². The molecule has 0 unspecified atom stereocenters. The lowest BCUT2D eigenvalue weighted by atomic mass is 9.75. The Morgan fingerprint density at radius 2 is 1.51 bits per heavy atom. The monoisotopic (exact) mass is 668 g/mol. The number of hydrogen-bond acceptors (Lipinski definition) is 8. The summed E-state index contributed by atoms with van der Waals surface area (Å²) in [5.74, 6) is -1.81. The number of rotatable bonds is 9. The highest BCUT2D eigenvalue weighted by atomic mass is 35.5. The number of aliphatic carboxylic acids is 1. The molecule has 0 saturated carbocycles. The first-order valence-corrected chi connectivity index (χ1v) is 15.9. The summed E-state index contributed by atoms with van der Waals surface area (Å²) in [5.41, 5.74) is -0.845. The molecule has 1 aliphatic rings. The van der Waals surface area contributed by atoms with Gasteiger partial charge >= 0.3 is 0 Å². The predicted molar refractivity (Wildman–Crippen MR) is 183 cm³/mol. The number of likely N-dealkylation sites (N-methyl/N-ethyl adjacent to an activating group) is 1. The van der Waals surface area contributed by atoms with E-state index in [0.717, 1.165) is 6.54 Å². The Hall–Kier alpha value is -4.28. The van der Waals surface area contributed by atoms with E-state index in [4.69, 9.17) is 25.8 Å². The molecule has 3 aromatic carbocycles. The topological polar surface area (TPSA) is 120 Å². The number of ether oxygens (including phenoxy) is 3. The summed E-state index contributed by atoms with van der Waals surface area (Å²) in [6, 6.07) is 18.5. The van der Waals surface area contributed by atoms with E-state index in [-0.39, 0.29) is 16.3 Å². The van der Waals surface area contributed by atoms with Crippen LogP contribution < -0.4 is 29.5 Å². The lowest BCUT2D eigenvalue weighted by Crippen LogP contribution is -2.64. The van der Waals surface area contributed by atoms with Crippen LogP contribution >= 0.6 is 11.6 Å². The van der Waals surface area contributed by atoms with Gasteiger partial charge in [-0.2, -0.15) is 0 Å². The van der Waals surface area contributed by atoms with Crippen molar-refractivity contribution in [2.24, 2.45) is 0 Å². The molecule has 2 amide bonds. The summed E-state index contributed by atoms with van der Waals surface area (Å²) < 4.78 is 16.8. The summed E-state index contributed by atoms with van der Waals surface area (Å²) in [4.78, 5) is 42.2. The Bertz CT molecular complexity index is 1460. The average Bonchev–Trinajstić information content (AvgIpc) is 3.13. The van der Waals surface area contributed by atoms with Crippen molar-refractivity contribution in [3.8, 4) is 17.2 Å². The summed E-state index contributed by atoms with van der Waals surface area (Å²) in [7, 11) is 4.45. The van der Waals surface area contributed by atoms with Crippen molar-refractivity contribution >= 4 is 35.1 Å². The molecular weight excluding hydrogens is 622 g/mol. The van der Waals surface area contributed by atoms with Gasteiger partial charge in [-0.1, -0.05) is 83.0 Å². The molecule has 0 fully saturated rings. The summed E-state index contributed by atoms with van der Waals surface area (Å²) in [6.45, 7) is 12.6. The second kappa shape index (κ2) is 18.2. The van der Waals surface area contributed by atoms with E-state index in [1.165, 1.54) is 49.5 Å². The van der Waals surface area contributed by atoms with E-state index in [2.05, 4.69) is 39.9 Å². The normalized spacial score (nSPS) is 16.0. The molecule has 0 aromatic heterocycles. The van der Waals surface area contributed by atoms with Crippen molar-refractivity contribution in [3.05, 3.63) is 82.9 Å². The third kappa shape index (κ3) is 9.39. The van der Waals surface area contributed by atoms with Gasteiger partial charge in [0.25, 0.3) is 0 Å². The van der Waals surface area contributed by atoms with E-state index in [0.29, 0.717) is 28.8 Å². The molecular formula is C36H47ClN3O7-. The first kappa shape index (κ1) is 38.9. The molecule has 4 rings (SSSR count). The molecule has 0 bridgehead atoms. The van der Waals surface area contributed by atoms with Crippen LogP contribution in [0.1, 0.15) is 59.1 Å². The van der Waals surface area contributed by atoms with Crippen LogP contribution in [0.5, 0.6) is 17.2 Å². The Morgan fingerprint density at radius 1 is 0.957 bits per heavy atom. The second-order valence-electron chi connectivity index (χ2n) is 11.1. The van der Waals surface area contributed by atoms with Gasteiger partial charge in [0, 0.05) is 54.5 Å². The molecule has 0 spiro atoms. The summed E-state index contributed by atoms with van der Waals surface area (Å²) in [6.07, 6.45) is -0.595. The van der Waals surface area contributed by atoms with Crippen molar-refractivity contribution < 1.29 is 33.7 Å². The maximum absolute atomic E-state index is 13.3. The average molecular weight is 669 g/mol. The molecule has 256 valence electrons. The molecule has 10 nitrogen and oxygen atoms in total. The van der Waals surface area contributed by atoms with Crippen LogP contribution in [0.25, 0.3) is 0 Å². The van der Waals surface area contributed by atoms with Crippen LogP contribution in [0.4, 0.5) is 5.69 Å². The Labute approximate surface area is 283 Å². The van der Waals surface area contributed by atoms with Gasteiger partial charge in [-0.3, -0.25) is 9.59 Å². The fraction of sp³-hybridized carbons (Fsp3) is 0.417. The number of hydrogen-bond donors (Lipinski definition) is 1. The van der Waals surface area contributed by atoms with Crippen molar-refractivity contribution in [2.75, 3.05) is 39.3 Å². The number of fused-ring (bicyclic) bond motifs is 1. The van der Waals surface area contributed by atoms with Gasteiger partial charge in [-0.05, 0) is 30.3 Å². The Kier molecular flexibility index (Phi) is 15.0. The van der Waals surface area contributed by atoms with E-state index < -0.39 is 36.0 Å². The third-order valence-corrected chi connectivity index (χ3v) is 7.44. The standard InChI is InChI=1S/C28H27ClN2O7.C5H13N.C3H8/c1-17(32)31-16-25(33)30(2)24-11-10-19(29)12-23(24)28(31,18-8-6-5-7-9-18)26(27(34)35)38-22-14-20(36-3)13-21(15-22)37-4;1-4-6-5(2)3;1-3-2/h5-15,26H,16H2,1-4H3,(H,34,35);5-6H,4H2,1-3H3;3H2,1-2H3/p-1/t26-,28+;;/m1../s1. The smallest absolute Gasteiger partial charge is 0.246 e. The highest BCUT2D eigenvalue weighted by Gasteiger charge is 2.54. The van der Waals surface area contributed by atoms with Gasteiger partial charge in [0.1, 0.15) is 29.3 Å². The van der Waals surface area contributed by atoms with Crippen LogP contribution in [0.3, 0.4) is 0 Å². The maximum atomic E-state index is 13.3. The zero-order valence-electron chi connectivity index (χ0n) is 28.8. The number of anilines is 1. The van der Waals surface area contributed by atoms with Crippen molar-refractivity contribution in [1.82, 2.24) is 10.2 Å². The minimum absolute atomic E-state index is 0.0849. The first-order valence-electron chi connectivity index (χ1n) is 15.6. The Morgan fingerprint density at radius 3 is 1.96 bits per heavy atom. The minimum atomic E-state index is -1.87. The van der Waals surface area contributed by atoms with Gasteiger partial charge in [-0.25, -0.2) is 0 Å². The van der Waals surface area contributed by atoms with Crippen LogP contribution in [0.2, 0.25) is 5.02 Å². The largest absolute Gasteiger partial charge is 0.546 e. The fourth-order valence-corrected chi connectivity index (χ4v) is 5.42.